The molecule has 0 spiro atoms. The number of fused-ring (bicyclic) bond motifs is 1. The van der Waals surface area contributed by atoms with Crippen molar-refractivity contribution >= 4 is 45.5 Å². The summed E-state index contributed by atoms with van der Waals surface area (Å²) in [5.74, 6) is 2.60. The normalized spacial score (nSPS) is 13.8. The van der Waals surface area contributed by atoms with Gasteiger partial charge in [0.25, 0.3) is 0 Å². The fourth-order valence-electron chi connectivity index (χ4n) is 3.66. The molecule has 0 unspecified atom stereocenters. The van der Waals surface area contributed by atoms with E-state index in [0.717, 1.165) is 38.5 Å². The van der Waals surface area contributed by atoms with E-state index in [1.165, 1.54) is 23.1 Å². The van der Waals surface area contributed by atoms with Gasteiger partial charge in [0.15, 0.2) is 9.11 Å². The molecule has 2 aromatic carbocycles. The van der Waals surface area contributed by atoms with E-state index in [4.69, 9.17) is 27.0 Å². The molecule has 2 aromatic heterocycles. The van der Waals surface area contributed by atoms with Gasteiger partial charge < -0.3 is 9.30 Å². The number of hydrogen-bond donors (Lipinski definition) is 0. The Kier molecular flexibility index (Phi) is 6.32. The highest BCUT2D eigenvalue weighted by Gasteiger charge is 2.29. The van der Waals surface area contributed by atoms with E-state index in [1.54, 1.807) is 30.2 Å². The zero-order valence-corrected chi connectivity index (χ0v) is 20.6. The number of para-hydroxylation sites is 1. The van der Waals surface area contributed by atoms with E-state index in [2.05, 4.69) is 35.2 Å². The van der Waals surface area contributed by atoms with Crippen LogP contribution in [0.5, 0.6) is 5.75 Å². The van der Waals surface area contributed by atoms with E-state index in [-0.39, 0.29) is 0 Å². The van der Waals surface area contributed by atoms with E-state index in [9.17, 15) is 0 Å². The first-order valence-corrected chi connectivity index (χ1v) is 12.8. The van der Waals surface area contributed by atoms with Crippen LogP contribution < -0.4 is 4.74 Å². The fourth-order valence-corrected chi connectivity index (χ4v) is 5.91. The first kappa shape index (κ1) is 21.6. The number of benzene rings is 2. The summed E-state index contributed by atoms with van der Waals surface area (Å²) in [6, 6.07) is 17.1. The highest BCUT2D eigenvalue weighted by Crippen LogP contribution is 2.32. The highest BCUT2D eigenvalue weighted by atomic mass is 32.2. The summed E-state index contributed by atoms with van der Waals surface area (Å²) in [6.45, 7) is 1.58. The lowest BCUT2D eigenvalue weighted by Gasteiger charge is -2.22. The average molecular weight is 484 g/mol. The third-order valence-electron chi connectivity index (χ3n) is 5.65. The first-order valence-electron chi connectivity index (χ1n) is 10.6. The number of rotatable bonds is 9. The summed E-state index contributed by atoms with van der Waals surface area (Å²) in [5, 5.41) is 4.87. The van der Waals surface area contributed by atoms with E-state index < -0.39 is 0 Å². The molecule has 6 nitrogen and oxygen atoms in total. The SMILES string of the molecule is COc1ccc(CN(Cn2nc(CSc3nc4ccccc4s3)n(C)c2=S)C2CC2)cc1. The van der Waals surface area contributed by atoms with Crippen LogP contribution in [0.15, 0.2) is 52.9 Å². The van der Waals surface area contributed by atoms with Crippen LogP contribution in [0, 0.1) is 4.77 Å². The molecule has 9 heteroatoms. The standard InChI is InChI=1S/C23H25N5OS3/c1-26-21(14-31-22-24-19-5-3-4-6-20(19)32-22)25-28(23(26)30)15-27(17-9-10-17)13-16-7-11-18(29-2)12-8-16/h3-8,11-12,17H,9-10,13-15H2,1-2H3. The van der Waals surface area contributed by atoms with Crippen LogP contribution in [0.25, 0.3) is 10.2 Å². The van der Waals surface area contributed by atoms with Crippen molar-refractivity contribution < 1.29 is 4.74 Å². The van der Waals surface area contributed by atoms with Crippen molar-refractivity contribution in [2.24, 2.45) is 7.05 Å². The van der Waals surface area contributed by atoms with Gasteiger partial charge in [-0.25, -0.2) is 9.67 Å². The molecular formula is C23H25N5OS3. The predicted octanol–water partition coefficient (Wildman–Crippen LogP) is 5.48. The lowest BCUT2D eigenvalue weighted by molar-refractivity contribution is 0.186. The van der Waals surface area contributed by atoms with Crippen molar-refractivity contribution in [1.82, 2.24) is 24.2 Å². The van der Waals surface area contributed by atoms with Gasteiger partial charge in [-0.05, 0) is 54.9 Å². The Morgan fingerprint density at radius 1 is 1.19 bits per heavy atom. The molecule has 0 atom stereocenters. The van der Waals surface area contributed by atoms with Crippen molar-refractivity contribution in [2.75, 3.05) is 7.11 Å². The molecule has 4 aromatic rings. The van der Waals surface area contributed by atoms with Crippen molar-refractivity contribution in [2.45, 2.75) is 42.2 Å². The second-order valence-electron chi connectivity index (χ2n) is 7.96. The molecule has 32 heavy (non-hydrogen) atoms. The quantitative estimate of drug-likeness (QED) is 0.232. The maximum Gasteiger partial charge on any atom is 0.198 e. The number of methoxy groups -OCH3 is 1. The van der Waals surface area contributed by atoms with Crippen LogP contribution in [0.1, 0.15) is 24.2 Å². The smallest absolute Gasteiger partial charge is 0.198 e. The summed E-state index contributed by atoms with van der Waals surface area (Å²) in [6.07, 6.45) is 2.47. The van der Waals surface area contributed by atoms with Crippen LogP contribution in [0.2, 0.25) is 0 Å². The van der Waals surface area contributed by atoms with Gasteiger partial charge in [-0.1, -0.05) is 36.0 Å². The molecule has 1 saturated carbocycles. The summed E-state index contributed by atoms with van der Waals surface area (Å²) in [7, 11) is 3.70. The van der Waals surface area contributed by atoms with Gasteiger partial charge in [-0.15, -0.1) is 11.3 Å². The minimum absolute atomic E-state index is 0.599. The van der Waals surface area contributed by atoms with Gasteiger partial charge in [0, 0.05) is 19.6 Å². The second kappa shape index (κ2) is 9.35. The van der Waals surface area contributed by atoms with Crippen molar-refractivity contribution in [1.29, 1.82) is 0 Å². The van der Waals surface area contributed by atoms with Crippen LogP contribution in [0.4, 0.5) is 0 Å². The van der Waals surface area contributed by atoms with Gasteiger partial charge in [0.2, 0.25) is 0 Å². The molecular weight excluding hydrogens is 458 g/mol. The Morgan fingerprint density at radius 2 is 1.97 bits per heavy atom. The number of thiazole rings is 1. The molecule has 5 rings (SSSR count). The van der Waals surface area contributed by atoms with Crippen molar-refractivity contribution in [3.05, 3.63) is 64.7 Å². The summed E-state index contributed by atoms with van der Waals surface area (Å²) < 4.78 is 12.3. The van der Waals surface area contributed by atoms with Crippen molar-refractivity contribution in [3.63, 3.8) is 0 Å². The maximum atomic E-state index is 5.72. The monoisotopic (exact) mass is 483 g/mol. The number of aromatic nitrogens is 4. The third-order valence-corrected chi connectivity index (χ3v) is 8.31. The van der Waals surface area contributed by atoms with Crippen LogP contribution in [-0.2, 0) is 26.0 Å². The summed E-state index contributed by atoms with van der Waals surface area (Å²) >= 11 is 9.16. The van der Waals surface area contributed by atoms with Crippen LogP contribution in [-0.4, -0.2) is 37.4 Å². The highest BCUT2D eigenvalue weighted by molar-refractivity contribution is 8.00. The Balaban J connectivity index is 1.28. The average Bonchev–Trinajstić information content (AvgIpc) is 3.53. The molecule has 0 aliphatic heterocycles. The molecule has 0 bridgehead atoms. The second-order valence-corrected chi connectivity index (χ2v) is 10.6. The Hall–Kier alpha value is -2.20. The molecule has 166 valence electrons. The Morgan fingerprint density at radius 3 is 2.69 bits per heavy atom. The Labute approximate surface area is 200 Å². The number of ether oxygens (including phenoxy) is 1. The fraction of sp³-hybridized carbons (Fsp3) is 0.348. The number of hydrogen-bond acceptors (Lipinski definition) is 7. The topological polar surface area (TPSA) is 48.1 Å². The van der Waals surface area contributed by atoms with Gasteiger partial charge >= 0.3 is 0 Å². The molecule has 0 radical (unpaired) electrons. The molecule has 1 aliphatic rings. The molecule has 0 N–H and O–H groups in total. The van der Waals surface area contributed by atoms with Crippen LogP contribution in [0.3, 0.4) is 0 Å². The van der Waals surface area contributed by atoms with E-state index >= 15 is 0 Å². The molecule has 0 amide bonds. The van der Waals surface area contributed by atoms with Gasteiger partial charge in [0.05, 0.1) is 29.7 Å². The maximum absolute atomic E-state index is 5.72. The van der Waals surface area contributed by atoms with Gasteiger partial charge in [-0.3, -0.25) is 4.90 Å². The minimum atomic E-state index is 0.599. The molecule has 0 saturated heterocycles. The number of thioether (sulfide) groups is 1. The molecule has 2 heterocycles. The van der Waals surface area contributed by atoms with E-state index in [0.29, 0.717) is 12.7 Å². The minimum Gasteiger partial charge on any atom is -0.497 e. The zero-order chi connectivity index (χ0) is 22.1. The van der Waals surface area contributed by atoms with Crippen LogP contribution >= 0.6 is 35.3 Å². The summed E-state index contributed by atoms with van der Waals surface area (Å²) in [5.41, 5.74) is 2.32. The zero-order valence-electron chi connectivity index (χ0n) is 18.1. The van der Waals surface area contributed by atoms with Gasteiger partial charge in [-0.2, -0.15) is 5.10 Å². The van der Waals surface area contributed by atoms with E-state index in [1.807, 2.05) is 34.5 Å². The Bertz CT molecular complexity index is 1240. The lowest BCUT2D eigenvalue weighted by atomic mass is 10.2. The van der Waals surface area contributed by atoms with Crippen molar-refractivity contribution in [3.8, 4) is 5.75 Å². The predicted molar refractivity (Wildman–Crippen MR) is 133 cm³/mol. The molecule has 1 aliphatic carbocycles. The third kappa shape index (κ3) is 4.76. The van der Waals surface area contributed by atoms with Gasteiger partial charge in [0.1, 0.15) is 11.6 Å². The number of nitrogens with zero attached hydrogens (tertiary/aromatic N) is 5. The first-order chi connectivity index (χ1) is 15.6. The lowest BCUT2D eigenvalue weighted by Crippen LogP contribution is -2.29. The largest absolute Gasteiger partial charge is 0.497 e. The summed E-state index contributed by atoms with van der Waals surface area (Å²) in [4.78, 5) is 7.19. The molecule has 1 fully saturated rings.